The summed E-state index contributed by atoms with van der Waals surface area (Å²) in [4.78, 5) is 10.7. The monoisotopic (exact) mass is 259 g/mol. The van der Waals surface area contributed by atoms with Crippen LogP contribution in [-0.2, 0) is 11.7 Å². The number of nitrogens with one attached hydrogen (secondary N) is 1. The van der Waals surface area contributed by atoms with Crippen LogP contribution in [0.15, 0.2) is 24.3 Å². The highest BCUT2D eigenvalue weighted by molar-refractivity contribution is 5.66. The Morgan fingerprint density at radius 1 is 1.33 bits per heavy atom. The molecule has 1 aliphatic carbocycles. The van der Waals surface area contributed by atoms with Crippen molar-refractivity contribution in [3.05, 3.63) is 35.4 Å². The summed E-state index contributed by atoms with van der Waals surface area (Å²) in [5.74, 6) is 0. The quantitative estimate of drug-likeness (QED) is 0.855. The predicted octanol–water partition coefficient (Wildman–Crippen LogP) is 3.35. The van der Waals surface area contributed by atoms with Gasteiger partial charge in [0, 0.05) is 0 Å². The lowest BCUT2D eigenvalue weighted by molar-refractivity contribution is -0.137. The van der Waals surface area contributed by atoms with Gasteiger partial charge in [-0.2, -0.15) is 13.2 Å². The maximum absolute atomic E-state index is 12.6. The molecule has 1 saturated carbocycles. The summed E-state index contributed by atoms with van der Waals surface area (Å²) in [5, 5.41) is 11.1. The van der Waals surface area contributed by atoms with E-state index in [-0.39, 0.29) is 0 Å². The van der Waals surface area contributed by atoms with Crippen LogP contribution < -0.4 is 5.32 Å². The molecule has 0 bridgehead atoms. The molecule has 1 amide bonds. The molecule has 3 nitrogen and oxygen atoms in total. The van der Waals surface area contributed by atoms with E-state index in [9.17, 15) is 18.0 Å². The first-order chi connectivity index (χ1) is 8.33. The van der Waals surface area contributed by atoms with E-state index in [1.165, 1.54) is 12.1 Å². The minimum Gasteiger partial charge on any atom is -0.465 e. The fraction of sp³-hybridized carbons (Fsp3) is 0.417. The molecule has 2 N–H and O–H groups in total. The SMILES string of the molecule is O=C(O)NC1(c2cccc(C(F)(F)F)c2)CCC1. The van der Waals surface area contributed by atoms with Crippen LogP contribution in [0.4, 0.5) is 18.0 Å². The highest BCUT2D eigenvalue weighted by Gasteiger charge is 2.41. The highest BCUT2D eigenvalue weighted by Crippen LogP contribution is 2.42. The minimum atomic E-state index is -4.41. The van der Waals surface area contributed by atoms with Gasteiger partial charge in [0.25, 0.3) is 0 Å². The molecular weight excluding hydrogens is 247 g/mol. The summed E-state index contributed by atoms with van der Waals surface area (Å²) in [6.07, 6.45) is -3.77. The molecule has 0 radical (unpaired) electrons. The molecular formula is C12H12F3NO2. The van der Waals surface area contributed by atoms with Gasteiger partial charge in [0.1, 0.15) is 0 Å². The van der Waals surface area contributed by atoms with E-state index >= 15 is 0 Å². The first-order valence-electron chi connectivity index (χ1n) is 5.52. The average Bonchev–Trinajstić information content (AvgIpc) is 2.22. The predicted molar refractivity (Wildman–Crippen MR) is 58.1 cm³/mol. The normalized spacial score (nSPS) is 17.9. The molecule has 0 unspecified atom stereocenters. The number of carboxylic acid groups (broad SMARTS) is 1. The van der Waals surface area contributed by atoms with Gasteiger partial charge in [-0.25, -0.2) is 4.79 Å². The molecule has 1 aromatic rings. The van der Waals surface area contributed by atoms with Crippen molar-refractivity contribution >= 4 is 6.09 Å². The standard InChI is InChI=1S/C12H12F3NO2/c13-12(14,15)9-4-1-3-8(7-9)11(5-2-6-11)16-10(17)18/h1,3-4,7,16H,2,5-6H2,(H,17,18). The first-order valence-corrected chi connectivity index (χ1v) is 5.52. The van der Waals surface area contributed by atoms with Crippen LogP contribution in [0.5, 0.6) is 0 Å². The third-order valence-electron chi connectivity index (χ3n) is 3.30. The number of benzene rings is 1. The van der Waals surface area contributed by atoms with Gasteiger partial charge in [-0.3, -0.25) is 0 Å². The highest BCUT2D eigenvalue weighted by atomic mass is 19.4. The zero-order valence-electron chi connectivity index (χ0n) is 9.42. The molecule has 0 aromatic heterocycles. The molecule has 2 rings (SSSR count). The molecule has 6 heteroatoms. The van der Waals surface area contributed by atoms with Crippen molar-refractivity contribution in [2.45, 2.75) is 31.0 Å². The van der Waals surface area contributed by atoms with Gasteiger partial charge in [0.15, 0.2) is 0 Å². The fourth-order valence-electron chi connectivity index (χ4n) is 2.21. The molecule has 0 spiro atoms. The molecule has 0 saturated heterocycles. The third-order valence-corrected chi connectivity index (χ3v) is 3.30. The van der Waals surface area contributed by atoms with E-state index in [0.29, 0.717) is 18.4 Å². The number of hydrogen-bond donors (Lipinski definition) is 2. The molecule has 98 valence electrons. The number of alkyl halides is 3. The van der Waals surface area contributed by atoms with Crippen molar-refractivity contribution in [2.24, 2.45) is 0 Å². The van der Waals surface area contributed by atoms with Crippen LogP contribution in [-0.4, -0.2) is 11.2 Å². The largest absolute Gasteiger partial charge is 0.465 e. The van der Waals surface area contributed by atoms with Crippen molar-refractivity contribution in [2.75, 3.05) is 0 Å². The van der Waals surface area contributed by atoms with Crippen molar-refractivity contribution in [1.29, 1.82) is 0 Å². The van der Waals surface area contributed by atoms with Crippen molar-refractivity contribution in [1.82, 2.24) is 5.32 Å². The zero-order chi connectivity index (χ0) is 13.4. The van der Waals surface area contributed by atoms with Crippen molar-refractivity contribution in [3.63, 3.8) is 0 Å². The van der Waals surface area contributed by atoms with Crippen LogP contribution in [0.2, 0.25) is 0 Å². The van der Waals surface area contributed by atoms with Crippen LogP contribution in [0.1, 0.15) is 30.4 Å². The minimum absolute atomic E-state index is 0.381. The van der Waals surface area contributed by atoms with E-state index < -0.39 is 23.4 Å². The molecule has 1 fully saturated rings. The summed E-state index contributed by atoms with van der Waals surface area (Å²) in [5.41, 5.74) is -1.22. The summed E-state index contributed by atoms with van der Waals surface area (Å²) >= 11 is 0. The molecule has 1 aromatic carbocycles. The van der Waals surface area contributed by atoms with Crippen LogP contribution in [0, 0.1) is 0 Å². The van der Waals surface area contributed by atoms with E-state index in [2.05, 4.69) is 5.32 Å². The average molecular weight is 259 g/mol. The van der Waals surface area contributed by atoms with Gasteiger partial charge in [-0.15, -0.1) is 0 Å². The van der Waals surface area contributed by atoms with Gasteiger partial charge in [0.05, 0.1) is 11.1 Å². The van der Waals surface area contributed by atoms with Crippen LogP contribution >= 0.6 is 0 Å². The number of hydrogen-bond acceptors (Lipinski definition) is 1. The van der Waals surface area contributed by atoms with Gasteiger partial charge in [0.2, 0.25) is 0 Å². The first kappa shape index (κ1) is 12.7. The number of carbonyl (C=O) groups is 1. The Labute approximate surface area is 102 Å². The van der Waals surface area contributed by atoms with Gasteiger partial charge in [-0.05, 0) is 37.0 Å². The Hall–Kier alpha value is -1.72. The second-order valence-corrected chi connectivity index (χ2v) is 4.44. The molecule has 1 aliphatic rings. The van der Waals surface area contributed by atoms with Gasteiger partial charge in [-0.1, -0.05) is 12.1 Å². The number of halogens is 3. The lowest BCUT2D eigenvalue weighted by Gasteiger charge is -2.42. The lowest BCUT2D eigenvalue weighted by atomic mass is 9.71. The molecule has 0 atom stereocenters. The Balaban J connectivity index is 2.35. The molecule has 18 heavy (non-hydrogen) atoms. The second-order valence-electron chi connectivity index (χ2n) is 4.44. The van der Waals surface area contributed by atoms with E-state index in [1.54, 1.807) is 0 Å². The Morgan fingerprint density at radius 2 is 2.00 bits per heavy atom. The van der Waals surface area contributed by atoms with Crippen molar-refractivity contribution in [3.8, 4) is 0 Å². The molecule has 0 heterocycles. The topological polar surface area (TPSA) is 49.3 Å². The number of amides is 1. The Kier molecular flexibility index (Phi) is 2.96. The smallest absolute Gasteiger partial charge is 0.416 e. The zero-order valence-corrected chi connectivity index (χ0v) is 9.42. The van der Waals surface area contributed by atoms with E-state index in [0.717, 1.165) is 18.6 Å². The van der Waals surface area contributed by atoms with Crippen LogP contribution in [0.25, 0.3) is 0 Å². The van der Waals surface area contributed by atoms with E-state index in [4.69, 9.17) is 5.11 Å². The van der Waals surface area contributed by atoms with E-state index in [1.807, 2.05) is 0 Å². The van der Waals surface area contributed by atoms with Gasteiger partial charge >= 0.3 is 12.3 Å². The fourth-order valence-corrected chi connectivity index (χ4v) is 2.21. The number of rotatable bonds is 2. The summed E-state index contributed by atoms with van der Waals surface area (Å²) in [6.45, 7) is 0. The Bertz CT molecular complexity index is 467. The lowest BCUT2D eigenvalue weighted by Crippen LogP contribution is -2.50. The third kappa shape index (κ3) is 2.27. The van der Waals surface area contributed by atoms with Gasteiger partial charge < -0.3 is 10.4 Å². The molecule has 0 aliphatic heterocycles. The maximum Gasteiger partial charge on any atom is 0.416 e. The summed E-state index contributed by atoms with van der Waals surface area (Å²) in [6, 6.07) is 4.85. The summed E-state index contributed by atoms with van der Waals surface area (Å²) in [7, 11) is 0. The van der Waals surface area contributed by atoms with Crippen LogP contribution in [0.3, 0.4) is 0 Å². The summed E-state index contributed by atoms with van der Waals surface area (Å²) < 4.78 is 37.8. The Morgan fingerprint density at radius 3 is 2.44 bits per heavy atom. The maximum atomic E-state index is 12.6. The van der Waals surface area contributed by atoms with Crippen molar-refractivity contribution < 1.29 is 23.1 Å². The second kappa shape index (κ2) is 4.19.